The van der Waals surface area contributed by atoms with E-state index >= 15 is 0 Å². The molecular weight excluding hydrogens is 402 g/mol. The molecule has 0 unspecified atom stereocenters. The minimum Gasteiger partial charge on any atom is -0.362 e. The molecule has 32 heavy (non-hydrogen) atoms. The average molecular weight is 430 g/mol. The zero-order valence-corrected chi connectivity index (χ0v) is 18.3. The number of aromatic nitrogens is 2. The third-order valence-corrected chi connectivity index (χ3v) is 5.67. The number of rotatable bonds is 5. The number of benzene rings is 2. The molecule has 3 N–H and O–H groups in total. The van der Waals surface area contributed by atoms with E-state index in [1.54, 1.807) is 24.3 Å². The molecule has 4 rings (SSSR count). The average Bonchev–Trinajstić information content (AvgIpc) is 2.80. The lowest BCUT2D eigenvalue weighted by Gasteiger charge is -2.30. The molecule has 3 aromatic rings. The van der Waals surface area contributed by atoms with Gasteiger partial charge in [-0.25, -0.2) is 9.78 Å². The lowest BCUT2D eigenvalue weighted by Crippen LogP contribution is -2.42. The van der Waals surface area contributed by atoms with Gasteiger partial charge in [0, 0.05) is 37.3 Å². The predicted octanol–water partition coefficient (Wildman–Crippen LogP) is 4.11. The number of hydrogen-bond acceptors (Lipinski definition) is 6. The van der Waals surface area contributed by atoms with Crippen LogP contribution in [-0.4, -0.2) is 42.2 Å². The van der Waals surface area contributed by atoms with Crippen molar-refractivity contribution >= 4 is 34.4 Å². The van der Waals surface area contributed by atoms with Crippen LogP contribution in [0.2, 0.25) is 0 Å². The zero-order valence-electron chi connectivity index (χ0n) is 18.3. The van der Waals surface area contributed by atoms with Crippen molar-refractivity contribution in [1.82, 2.24) is 15.3 Å². The smallest absolute Gasteiger partial charge is 0.319 e. The molecule has 0 aliphatic heterocycles. The van der Waals surface area contributed by atoms with E-state index in [0.29, 0.717) is 17.2 Å². The number of fused-ring (bicyclic) bond motifs is 1. The molecule has 0 radical (unpaired) electrons. The Labute approximate surface area is 187 Å². The highest BCUT2D eigenvalue weighted by atomic mass is 16.2. The number of nitrogens with one attached hydrogen (secondary N) is 3. The highest BCUT2D eigenvalue weighted by molar-refractivity contribution is 5.90. The van der Waals surface area contributed by atoms with Crippen molar-refractivity contribution in [3.05, 3.63) is 54.1 Å². The summed E-state index contributed by atoms with van der Waals surface area (Å²) in [7, 11) is 3.97. The minimum absolute atomic E-state index is 0.126. The molecule has 1 fully saturated rings. The van der Waals surface area contributed by atoms with Crippen LogP contribution in [0.3, 0.4) is 0 Å². The van der Waals surface area contributed by atoms with Crippen LogP contribution in [0.25, 0.3) is 10.9 Å². The Bertz CT molecular complexity index is 1130. The van der Waals surface area contributed by atoms with E-state index in [2.05, 4.69) is 22.0 Å². The van der Waals surface area contributed by atoms with Crippen molar-refractivity contribution in [2.45, 2.75) is 37.8 Å². The number of urea groups is 1. The lowest BCUT2D eigenvalue weighted by atomic mass is 9.91. The summed E-state index contributed by atoms with van der Waals surface area (Å²) in [5.41, 5.74) is 2.15. The molecule has 0 saturated heterocycles. The summed E-state index contributed by atoms with van der Waals surface area (Å²) in [4.78, 5) is 23.7. The molecule has 2 amide bonds. The monoisotopic (exact) mass is 429 g/mol. The summed E-state index contributed by atoms with van der Waals surface area (Å²) in [5, 5.41) is 19.3. The molecule has 1 aliphatic carbocycles. The number of carbonyl (C=O) groups excluding carboxylic acids is 1. The van der Waals surface area contributed by atoms with Crippen LogP contribution in [-0.2, 0) is 0 Å². The second-order valence-electron chi connectivity index (χ2n) is 8.26. The molecule has 1 aliphatic rings. The molecule has 8 nitrogen and oxygen atoms in total. The van der Waals surface area contributed by atoms with E-state index < -0.39 is 0 Å². The van der Waals surface area contributed by atoms with Gasteiger partial charge in [0.1, 0.15) is 5.82 Å². The topological polar surface area (TPSA) is 106 Å². The third kappa shape index (κ3) is 5.06. The number of nitriles is 1. The Morgan fingerprint density at radius 2 is 1.69 bits per heavy atom. The summed E-state index contributed by atoms with van der Waals surface area (Å²) in [6, 6.07) is 17.1. The SMILES string of the molecule is CN(C)c1nc(N[C@H]2CC[C@@H](NC(=O)Nc3ccc(C#N)cc3)CC2)nc2ccccc12. The molecule has 0 atom stereocenters. The molecule has 1 saturated carbocycles. The molecule has 0 bridgehead atoms. The van der Waals surface area contributed by atoms with Crippen molar-refractivity contribution in [3.8, 4) is 6.07 Å². The summed E-state index contributed by atoms with van der Waals surface area (Å²) in [5.74, 6) is 1.54. The van der Waals surface area contributed by atoms with Gasteiger partial charge in [-0.3, -0.25) is 0 Å². The van der Waals surface area contributed by atoms with Crippen LogP contribution in [0.15, 0.2) is 48.5 Å². The van der Waals surface area contributed by atoms with Crippen molar-refractivity contribution in [3.63, 3.8) is 0 Å². The van der Waals surface area contributed by atoms with Crippen molar-refractivity contribution in [2.24, 2.45) is 0 Å². The summed E-state index contributed by atoms with van der Waals surface area (Å²) >= 11 is 0. The largest absolute Gasteiger partial charge is 0.362 e. The second-order valence-corrected chi connectivity index (χ2v) is 8.26. The van der Waals surface area contributed by atoms with E-state index in [9.17, 15) is 4.79 Å². The van der Waals surface area contributed by atoms with Crippen molar-refractivity contribution in [1.29, 1.82) is 5.26 Å². The van der Waals surface area contributed by atoms with E-state index in [-0.39, 0.29) is 18.1 Å². The first-order valence-electron chi connectivity index (χ1n) is 10.8. The predicted molar refractivity (Wildman–Crippen MR) is 127 cm³/mol. The van der Waals surface area contributed by atoms with E-state index in [4.69, 9.17) is 15.2 Å². The maximum Gasteiger partial charge on any atom is 0.319 e. The van der Waals surface area contributed by atoms with Gasteiger partial charge in [0.2, 0.25) is 5.95 Å². The fourth-order valence-corrected chi connectivity index (χ4v) is 4.01. The van der Waals surface area contributed by atoms with E-state index in [0.717, 1.165) is 42.4 Å². The van der Waals surface area contributed by atoms with Gasteiger partial charge in [0.25, 0.3) is 0 Å². The Kier molecular flexibility index (Phi) is 6.36. The van der Waals surface area contributed by atoms with Crippen LogP contribution in [0.5, 0.6) is 0 Å². The van der Waals surface area contributed by atoms with Crippen LogP contribution in [0.1, 0.15) is 31.2 Å². The first kappa shape index (κ1) is 21.4. The first-order valence-corrected chi connectivity index (χ1v) is 10.8. The molecule has 2 aromatic carbocycles. The van der Waals surface area contributed by atoms with Gasteiger partial charge < -0.3 is 20.9 Å². The highest BCUT2D eigenvalue weighted by Gasteiger charge is 2.23. The van der Waals surface area contributed by atoms with Gasteiger partial charge in [-0.05, 0) is 62.1 Å². The van der Waals surface area contributed by atoms with Gasteiger partial charge in [-0.1, -0.05) is 12.1 Å². The molecule has 8 heteroatoms. The lowest BCUT2D eigenvalue weighted by molar-refractivity contribution is 0.243. The number of amides is 2. The van der Waals surface area contributed by atoms with E-state index in [1.165, 1.54) is 0 Å². The quantitative estimate of drug-likeness (QED) is 0.564. The Morgan fingerprint density at radius 1 is 1.00 bits per heavy atom. The maximum absolute atomic E-state index is 12.3. The van der Waals surface area contributed by atoms with Gasteiger partial charge in [-0.2, -0.15) is 10.2 Å². The van der Waals surface area contributed by atoms with Gasteiger partial charge >= 0.3 is 6.03 Å². The molecule has 164 valence electrons. The first-order chi connectivity index (χ1) is 15.5. The van der Waals surface area contributed by atoms with Crippen LogP contribution in [0.4, 0.5) is 22.2 Å². The standard InChI is InChI=1S/C24H27N7O/c1-31(2)22-20-5-3-4-6-21(20)29-23(30-22)26-17-11-13-19(14-12-17)28-24(32)27-18-9-7-16(15-25)8-10-18/h3-10,17,19H,11-14H2,1-2H3,(H,26,29,30)(H2,27,28,32)/t17-,19+. The summed E-state index contributed by atoms with van der Waals surface area (Å²) in [6.45, 7) is 0. The number of anilines is 3. The maximum atomic E-state index is 12.3. The summed E-state index contributed by atoms with van der Waals surface area (Å²) in [6.07, 6.45) is 3.61. The minimum atomic E-state index is -0.223. The third-order valence-electron chi connectivity index (χ3n) is 5.67. The second kappa shape index (κ2) is 9.52. The van der Waals surface area contributed by atoms with E-state index in [1.807, 2.05) is 43.3 Å². The Hall–Kier alpha value is -3.86. The number of hydrogen-bond donors (Lipinski definition) is 3. The van der Waals surface area contributed by atoms with Gasteiger partial charge in [0.05, 0.1) is 17.1 Å². The van der Waals surface area contributed by atoms with Crippen LogP contribution < -0.4 is 20.9 Å². The Balaban J connectivity index is 1.31. The summed E-state index contributed by atoms with van der Waals surface area (Å²) < 4.78 is 0. The normalized spacial score (nSPS) is 17.9. The molecule has 1 aromatic heterocycles. The molecular formula is C24H27N7O. The zero-order chi connectivity index (χ0) is 22.5. The van der Waals surface area contributed by atoms with Crippen LogP contribution >= 0.6 is 0 Å². The van der Waals surface area contributed by atoms with Crippen molar-refractivity contribution < 1.29 is 4.79 Å². The molecule has 1 heterocycles. The highest BCUT2D eigenvalue weighted by Crippen LogP contribution is 2.26. The fourth-order valence-electron chi connectivity index (χ4n) is 4.01. The number of nitrogens with zero attached hydrogens (tertiary/aromatic N) is 4. The number of carbonyl (C=O) groups is 1. The molecule has 0 spiro atoms. The van der Waals surface area contributed by atoms with Crippen molar-refractivity contribution in [2.75, 3.05) is 29.6 Å². The van der Waals surface area contributed by atoms with Gasteiger partial charge in [-0.15, -0.1) is 0 Å². The van der Waals surface area contributed by atoms with Gasteiger partial charge in [0.15, 0.2) is 0 Å². The van der Waals surface area contributed by atoms with Crippen LogP contribution in [0, 0.1) is 11.3 Å². The fraction of sp³-hybridized carbons (Fsp3) is 0.333. The Morgan fingerprint density at radius 3 is 2.38 bits per heavy atom. The number of para-hydroxylation sites is 1.